The minimum Gasteiger partial charge on any atom is -0.465 e. The van der Waals surface area contributed by atoms with Gasteiger partial charge in [-0.25, -0.2) is 4.79 Å². The van der Waals surface area contributed by atoms with Crippen LogP contribution < -0.4 is 4.74 Å². The van der Waals surface area contributed by atoms with Crippen LogP contribution >= 0.6 is 0 Å². The lowest BCUT2D eigenvalue weighted by atomic mass is 10.00. The van der Waals surface area contributed by atoms with Crippen molar-refractivity contribution >= 4 is 5.97 Å². The molecule has 114 valence electrons. The van der Waals surface area contributed by atoms with Crippen LogP contribution in [0.5, 0.6) is 5.75 Å². The average Bonchev–Trinajstić information content (AvgIpc) is 2.34. The molecule has 0 saturated carbocycles. The maximum Gasteiger partial charge on any atom is 0.573 e. The van der Waals surface area contributed by atoms with E-state index in [-0.39, 0.29) is 0 Å². The first-order chi connectivity index (χ1) is 9.51. The highest BCUT2D eigenvalue weighted by molar-refractivity contribution is 5.92. The molecule has 0 aliphatic heterocycles. The number of hydrogen-bond acceptors (Lipinski definition) is 4. The number of rotatable bonds is 2. The normalized spacial score (nSPS) is 11.7. The number of halogens is 6. The van der Waals surface area contributed by atoms with Crippen LogP contribution in [0.2, 0.25) is 0 Å². The van der Waals surface area contributed by atoms with Crippen LogP contribution in [0.1, 0.15) is 21.5 Å². The zero-order valence-electron chi connectivity index (χ0n) is 10.1. The molecule has 0 amide bonds. The Hall–Kier alpha value is -2.44. The highest BCUT2D eigenvalue weighted by Crippen LogP contribution is 2.39. The summed E-state index contributed by atoms with van der Waals surface area (Å²) in [7, 11) is 0.786. The van der Waals surface area contributed by atoms with E-state index in [0.29, 0.717) is 12.1 Å². The number of ether oxygens (including phenoxy) is 2. The van der Waals surface area contributed by atoms with Gasteiger partial charge in [0.15, 0.2) is 0 Å². The minimum absolute atomic E-state index is 0.438. The van der Waals surface area contributed by atoms with Gasteiger partial charge in [-0.3, -0.25) is 0 Å². The third-order valence-electron chi connectivity index (χ3n) is 2.19. The van der Waals surface area contributed by atoms with Crippen molar-refractivity contribution in [1.82, 2.24) is 0 Å². The van der Waals surface area contributed by atoms with Crippen molar-refractivity contribution in [3.63, 3.8) is 0 Å². The molecule has 0 aliphatic carbocycles. The van der Waals surface area contributed by atoms with E-state index in [1.165, 1.54) is 0 Å². The summed E-state index contributed by atoms with van der Waals surface area (Å²) in [6.45, 7) is 0. The van der Waals surface area contributed by atoms with Gasteiger partial charge < -0.3 is 9.47 Å². The second-order valence-electron chi connectivity index (χ2n) is 3.51. The molecule has 4 nitrogen and oxygen atoms in total. The number of carbonyl (C=O) groups excluding carboxylic acids is 1. The molecule has 1 aromatic carbocycles. The van der Waals surface area contributed by atoms with Gasteiger partial charge in [0, 0.05) is 0 Å². The molecule has 0 radical (unpaired) electrons. The monoisotopic (exact) mass is 313 g/mol. The molecule has 0 unspecified atom stereocenters. The number of carbonyl (C=O) groups is 1. The summed E-state index contributed by atoms with van der Waals surface area (Å²) < 4.78 is 82.5. The molecular weight excluding hydrogens is 308 g/mol. The molecule has 0 aliphatic rings. The maximum absolute atomic E-state index is 12.9. The lowest BCUT2D eigenvalue weighted by molar-refractivity contribution is -0.274. The van der Waals surface area contributed by atoms with E-state index >= 15 is 0 Å². The summed E-state index contributed by atoms with van der Waals surface area (Å²) in [6.07, 6.45) is -10.5. The Morgan fingerprint density at radius 3 is 2.14 bits per heavy atom. The summed E-state index contributed by atoms with van der Waals surface area (Å²) in [5.74, 6) is -2.80. The number of esters is 1. The first-order valence-electron chi connectivity index (χ1n) is 4.99. The second kappa shape index (κ2) is 5.51. The summed E-state index contributed by atoms with van der Waals surface area (Å²) in [5.41, 5.74) is -4.39. The molecule has 1 aromatic rings. The number of methoxy groups -OCH3 is 1. The van der Waals surface area contributed by atoms with Gasteiger partial charge in [0.1, 0.15) is 17.4 Å². The maximum atomic E-state index is 12.9. The van der Waals surface area contributed by atoms with E-state index in [1.807, 2.05) is 0 Å². The molecule has 1 rings (SSSR count). The fraction of sp³-hybridized carbons (Fsp3) is 0.273. The molecule has 0 spiro atoms. The topological polar surface area (TPSA) is 59.3 Å². The van der Waals surface area contributed by atoms with Crippen LogP contribution in [-0.2, 0) is 10.9 Å². The predicted molar refractivity (Wildman–Crippen MR) is 54.2 cm³/mol. The van der Waals surface area contributed by atoms with Crippen molar-refractivity contribution in [2.45, 2.75) is 12.5 Å². The van der Waals surface area contributed by atoms with Crippen molar-refractivity contribution in [2.24, 2.45) is 0 Å². The van der Waals surface area contributed by atoms with E-state index in [2.05, 4.69) is 9.47 Å². The van der Waals surface area contributed by atoms with E-state index in [4.69, 9.17) is 5.26 Å². The third kappa shape index (κ3) is 3.77. The molecule has 0 N–H and O–H groups in total. The molecule has 21 heavy (non-hydrogen) atoms. The van der Waals surface area contributed by atoms with Gasteiger partial charge in [0.2, 0.25) is 0 Å². The lowest BCUT2D eigenvalue weighted by Crippen LogP contribution is -2.21. The fourth-order valence-electron chi connectivity index (χ4n) is 1.48. The zero-order chi connectivity index (χ0) is 16.4. The highest BCUT2D eigenvalue weighted by Gasteiger charge is 2.42. The Labute approximate surface area is 113 Å². The van der Waals surface area contributed by atoms with Gasteiger partial charge in [-0.2, -0.15) is 18.4 Å². The summed E-state index contributed by atoms with van der Waals surface area (Å²) >= 11 is 0. The van der Waals surface area contributed by atoms with Crippen molar-refractivity contribution in [1.29, 1.82) is 5.26 Å². The van der Waals surface area contributed by atoms with Crippen LogP contribution in [0.25, 0.3) is 0 Å². The molecule has 0 atom stereocenters. The van der Waals surface area contributed by atoms with E-state index < -0.39 is 40.9 Å². The molecule has 0 bridgehead atoms. The zero-order valence-corrected chi connectivity index (χ0v) is 10.1. The molecule has 0 fully saturated rings. The van der Waals surface area contributed by atoms with Crippen LogP contribution in [0.4, 0.5) is 26.3 Å². The number of hydrogen-bond donors (Lipinski definition) is 0. The van der Waals surface area contributed by atoms with Gasteiger partial charge >= 0.3 is 18.5 Å². The fourth-order valence-corrected chi connectivity index (χ4v) is 1.48. The van der Waals surface area contributed by atoms with Gasteiger partial charge in [-0.15, -0.1) is 13.2 Å². The second-order valence-corrected chi connectivity index (χ2v) is 3.51. The highest BCUT2D eigenvalue weighted by atomic mass is 19.4. The van der Waals surface area contributed by atoms with E-state index in [9.17, 15) is 31.1 Å². The van der Waals surface area contributed by atoms with Crippen LogP contribution in [0, 0.1) is 11.3 Å². The van der Waals surface area contributed by atoms with Crippen molar-refractivity contribution in [3.8, 4) is 11.8 Å². The van der Waals surface area contributed by atoms with Crippen molar-refractivity contribution in [2.75, 3.05) is 7.11 Å². The smallest absolute Gasteiger partial charge is 0.465 e. The number of alkyl halides is 6. The largest absolute Gasteiger partial charge is 0.573 e. The van der Waals surface area contributed by atoms with E-state index in [1.54, 1.807) is 0 Å². The van der Waals surface area contributed by atoms with Crippen molar-refractivity contribution < 1.29 is 40.6 Å². The molecule has 10 heteroatoms. The van der Waals surface area contributed by atoms with E-state index in [0.717, 1.165) is 13.2 Å². The SMILES string of the molecule is COC(=O)c1ccc(OC(F)(F)F)c(C#N)c1C(F)(F)F. The van der Waals surface area contributed by atoms with Crippen LogP contribution in [-0.4, -0.2) is 19.4 Å². The summed E-state index contributed by atoms with van der Waals surface area (Å²) in [4.78, 5) is 11.3. The first kappa shape index (κ1) is 16.6. The third-order valence-corrected chi connectivity index (χ3v) is 2.19. The Kier molecular flexibility index (Phi) is 4.36. The Balaban J connectivity index is 3.63. The number of benzene rings is 1. The summed E-state index contributed by atoms with van der Waals surface area (Å²) in [6, 6.07) is 1.84. The molecule has 0 aromatic heterocycles. The Morgan fingerprint density at radius 1 is 1.19 bits per heavy atom. The van der Waals surface area contributed by atoms with Crippen LogP contribution in [0.3, 0.4) is 0 Å². The van der Waals surface area contributed by atoms with Gasteiger partial charge in [-0.1, -0.05) is 0 Å². The predicted octanol–water partition coefficient (Wildman–Crippen LogP) is 3.26. The summed E-state index contributed by atoms with van der Waals surface area (Å²) in [5, 5.41) is 8.69. The van der Waals surface area contributed by atoms with Crippen molar-refractivity contribution in [3.05, 3.63) is 28.8 Å². The molecule has 0 saturated heterocycles. The molecule has 0 heterocycles. The Bertz CT molecular complexity index is 600. The number of nitriles is 1. The average molecular weight is 313 g/mol. The van der Waals surface area contributed by atoms with Gasteiger partial charge in [-0.05, 0) is 12.1 Å². The molecular formula is C11H5F6NO3. The quantitative estimate of drug-likeness (QED) is 0.621. The van der Waals surface area contributed by atoms with Crippen LogP contribution in [0.15, 0.2) is 12.1 Å². The standard InChI is InChI=1S/C11H5F6NO3/c1-20-9(19)5-2-3-7(21-11(15,16)17)6(4-18)8(5)10(12,13)14/h2-3H,1H3. The van der Waals surface area contributed by atoms with Gasteiger partial charge in [0.05, 0.1) is 18.2 Å². The first-order valence-corrected chi connectivity index (χ1v) is 4.99. The lowest BCUT2D eigenvalue weighted by Gasteiger charge is -2.17. The van der Waals surface area contributed by atoms with Gasteiger partial charge in [0.25, 0.3) is 0 Å². The Morgan fingerprint density at radius 2 is 1.76 bits per heavy atom. The minimum atomic E-state index is -5.29. The number of nitrogens with zero attached hydrogens (tertiary/aromatic N) is 1.